The normalized spacial score (nSPS) is 24.1. The van der Waals surface area contributed by atoms with Crippen LogP contribution in [0.1, 0.15) is 61.7 Å². The van der Waals surface area contributed by atoms with Crippen molar-refractivity contribution in [1.82, 2.24) is 20.1 Å². The molecule has 3 aliphatic heterocycles. The van der Waals surface area contributed by atoms with Gasteiger partial charge in [0.2, 0.25) is 5.91 Å². The van der Waals surface area contributed by atoms with Crippen molar-refractivity contribution in [1.29, 1.82) is 0 Å². The summed E-state index contributed by atoms with van der Waals surface area (Å²) in [5.41, 5.74) is 0.464. The van der Waals surface area contributed by atoms with Gasteiger partial charge in [-0.3, -0.25) is 14.6 Å². The largest absolute Gasteiger partial charge is 0.375 e. The van der Waals surface area contributed by atoms with E-state index in [4.69, 9.17) is 4.74 Å². The van der Waals surface area contributed by atoms with Gasteiger partial charge in [-0.1, -0.05) is 6.42 Å². The first-order valence-corrected chi connectivity index (χ1v) is 12.0. The number of piperidine rings is 2. The lowest BCUT2D eigenvalue weighted by Crippen LogP contribution is -2.52. The van der Waals surface area contributed by atoms with E-state index < -0.39 is 0 Å². The number of hydrogen-bond acceptors (Lipinski definition) is 5. The number of amides is 2. The zero-order valence-corrected chi connectivity index (χ0v) is 18.6. The van der Waals surface area contributed by atoms with Crippen molar-refractivity contribution in [3.8, 4) is 0 Å². The fourth-order valence-electron chi connectivity index (χ4n) is 5.25. The highest BCUT2D eigenvalue weighted by Gasteiger charge is 2.41. The number of nitrogens with zero attached hydrogens (tertiary/aromatic N) is 3. The summed E-state index contributed by atoms with van der Waals surface area (Å²) >= 11 is 0. The Morgan fingerprint density at radius 3 is 2.71 bits per heavy atom. The van der Waals surface area contributed by atoms with E-state index in [0.29, 0.717) is 24.4 Å². The van der Waals surface area contributed by atoms with Crippen LogP contribution in [0.25, 0.3) is 0 Å². The summed E-state index contributed by atoms with van der Waals surface area (Å²) in [5, 5.41) is 3.06. The molecule has 1 aromatic heterocycles. The van der Waals surface area contributed by atoms with E-state index in [-0.39, 0.29) is 17.4 Å². The minimum absolute atomic E-state index is 0.0669. The Labute approximate surface area is 185 Å². The summed E-state index contributed by atoms with van der Waals surface area (Å²) in [6.07, 6.45) is 11.5. The number of aromatic nitrogens is 1. The molecular weight excluding hydrogens is 392 g/mol. The molecule has 1 atom stereocenters. The number of carbonyl (C=O) groups excluding carboxylic acids is 2. The smallest absolute Gasteiger partial charge is 0.252 e. The monoisotopic (exact) mass is 428 g/mol. The second-order valence-corrected chi connectivity index (χ2v) is 9.38. The molecule has 1 unspecified atom stereocenters. The van der Waals surface area contributed by atoms with E-state index in [2.05, 4.69) is 15.2 Å². The third-order valence-corrected chi connectivity index (χ3v) is 7.19. The topological polar surface area (TPSA) is 74.8 Å². The molecule has 7 nitrogen and oxygen atoms in total. The fraction of sp³-hybridized carbons (Fsp3) is 0.708. The second kappa shape index (κ2) is 10.6. The van der Waals surface area contributed by atoms with Gasteiger partial charge in [0.25, 0.3) is 5.91 Å². The van der Waals surface area contributed by atoms with E-state index in [0.717, 1.165) is 65.0 Å². The Hall–Kier alpha value is -1.99. The van der Waals surface area contributed by atoms with Gasteiger partial charge in [0.15, 0.2) is 0 Å². The molecular formula is C24H36N4O3. The van der Waals surface area contributed by atoms with Crippen molar-refractivity contribution in [2.45, 2.75) is 57.0 Å². The molecule has 4 rings (SSSR count). The number of pyridine rings is 1. The molecule has 0 aromatic carbocycles. The maximum Gasteiger partial charge on any atom is 0.252 e. The number of rotatable bonds is 6. The van der Waals surface area contributed by atoms with E-state index in [9.17, 15) is 9.59 Å². The quantitative estimate of drug-likeness (QED) is 0.753. The Kier molecular flexibility index (Phi) is 7.56. The lowest BCUT2D eigenvalue weighted by Gasteiger charge is -2.46. The van der Waals surface area contributed by atoms with E-state index in [1.54, 1.807) is 24.5 Å². The third kappa shape index (κ3) is 6.04. The highest BCUT2D eigenvalue weighted by molar-refractivity contribution is 5.93. The number of hydrogen-bond donors (Lipinski definition) is 1. The molecule has 1 N–H and O–H groups in total. The molecule has 0 radical (unpaired) electrons. The van der Waals surface area contributed by atoms with Crippen molar-refractivity contribution in [2.24, 2.45) is 5.92 Å². The summed E-state index contributed by atoms with van der Waals surface area (Å²) in [6, 6.07) is 3.56. The van der Waals surface area contributed by atoms with E-state index in [1.165, 1.54) is 19.3 Å². The molecule has 170 valence electrons. The molecule has 3 fully saturated rings. The van der Waals surface area contributed by atoms with Crippen LogP contribution in [-0.2, 0) is 9.53 Å². The van der Waals surface area contributed by atoms with Gasteiger partial charge in [0.1, 0.15) is 0 Å². The van der Waals surface area contributed by atoms with Crippen molar-refractivity contribution in [3.05, 3.63) is 30.1 Å². The molecule has 4 heterocycles. The van der Waals surface area contributed by atoms with Gasteiger partial charge in [0, 0.05) is 51.6 Å². The van der Waals surface area contributed by atoms with Gasteiger partial charge in [-0.15, -0.1) is 0 Å². The Balaban J connectivity index is 1.20. The van der Waals surface area contributed by atoms with Crippen molar-refractivity contribution in [3.63, 3.8) is 0 Å². The number of carbonyl (C=O) groups is 2. The van der Waals surface area contributed by atoms with Crippen LogP contribution < -0.4 is 5.32 Å². The molecule has 2 amide bonds. The van der Waals surface area contributed by atoms with Gasteiger partial charge in [0.05, 0.1) is 11.2 Å². The molecule has 0 bridgehead atoms. The number of nitrogens with one attached hydrogen (secondary N) is 1. The van der Waals surface area contributed by atoms with Crippen LogP contribution in [0.3, 0.4) is 0 Å². The average Bonchev–Trinajstić information content (AvgIpc) is 2.83. The Bertz CT molecular complexity index is 728. The molecule has 7 heteroatoms. The van der Waals surface area contributed by atoms with Crippen molar-refractivity contribution in [2.75, 3.05) is 45.9 Å². The van der Waals surface area contributed by atoms with Gasteiger partial charge in [-0.25, -0.2) is 0 Å². The lowest BCUT2D eigenvalue weighted by molar-refractivity contribution is -0.147. The molecule has 31 heavy (non-hydrogen) atoms. The molecule has 1 spiro atoms. The zero-order valence-electron chi connectivity index (χ0n) is 18.6. The van der Waals surface area contributed by atoms with Crippen molar-refractivity contribution < 1.29 is 14.3 Å². The maximum absolute atomic E-state index is 12.7. The van der Waals surface area contributed by atoms with E-state index in [1.807, 2.05) is 4.90 Å². The molecule has 3 saturated heterocycles. The van der Waals surface area contributed by atoms with Crippen molar-refractivity contribution >= 4 is 11.8 Å². The lowest BCUT2D eigenvalue weighted by atomic mass is 9.79. The predicted octanol–water partition coefficient (Wildman–Crippen LogP) is 2.48. The standard InChI is InChI=1S/C24H36N4O3/c29-22(6-13-27-11-2-1-3-12-27)28-14-8-24(9-15-28)17-20(7-16-31-24)18-26-23(30)21-5-4-10-25-19-21/h4-5,10,19-20H,1-3,6-9,11-18H2,(H,26,30). The van der Waals surface area contributed by atoms with Crippen LogP contribution in [0.5, 0.6) is 0 Å². The van der Waals surface area contributed by atoms with Gasteiger partial charge in [-0.05, 0) is 69.7 Å². The van der Waals surface area contributed by atoms with E-state index >= 15 is 0 Å². The number of likely N-dealkylation sites (tertiary alicyclic amines) is 2. The van der Waals surface area contributed by atoms with Crippen LogP contribution in [0, 0.1) is 5.92 Å². The Morgan fingerprint density at radius 2 is 1.97 bits per heavy atom. The van der Waals surface area contributed by atoms with Crippen LogP contribution in [0.2, 0.25) is 0 Å². The van der Waals surface area contributed by atoms with Gasteiger partial charge in [-0.2, -0.15) is 0 Å². The molecule has 1 aromatic rings. The Morgan fingerprint density at radius 1 is 1.16 bits per heavy atom. The highest BCUT2D eigenvalue weighted by atomic mass is 16.5. The molecule has 0 saturated carbocycles. The van der Waals surface area contributed by atoms with Gasteiger partial charge < -0.3 is 19.9 Å². The predicted molar refractivity (Wildman–Crippen MR) is 119 cm³/mol. The van der Waals surface area contributed by atoms with Crippen LogP contribution in [0.4, 0.5) is 0 Å². The summed E-state index contributed by atoms with van der Waals surface area (Å²) < 4.78 is 6.24. The fourth-order valence-corrected chi connectivity index (χ4v) is 5.25. The van der Waals surface area contributed by atoms with Crippen LogP contribution in [-0.4, -0.2) is 78.1 Å². The van der Waals surface area contributed by atoms with Crippen LogP contribution >= 0.6 is 0 Å². The summed E-state index contributed by atoms with van der Waals surface area (Å²) in [6.45, 7) is 6.15. The summed E-state index contributed by atoms with van der Waals surface area (Å²) in [5.74, 6) is 0.634. The molecule has 3 aliphatic rings. The number of ether oxygens (including phenoxy) is 1. The highest BCUT2D eigenvalue weighted by Crippen LogP contribution is 2.37. The molecule has 0 aliphatic carbocycles. The average molecular weight is 429 g/mol. The SMILES string of the molecule is O=C(NCC1CCOC2(CCN(C(=O)CCN3CCCCC3)CC2)C1)c1cccnc1. The third-order valence-electron chi connectivity index (χ3n) is 7.19. The zero-order chi connectivity index (χ0) is 21.5. The maximum atomic E-state index is 12.7. The summed E-state index contributed by atoms with van der Waals surface area (Å²) in [7, 11) is 0. The second-order valence-electron chi connectivity index (χ2n) is 9.38. The minimum atomic E-state index is -0.133. The van der Waals surface area contributed by atoms with Gasteiger partial charge >= 0.3 is 0 Å². The first kappa shape index (κ1) is 22.2. The first-order chi connectivity index (χ1) is 15.1. The summed E-state index contributed by atoms with van der Waals surface area (Å²) in [4.78, 5) is 33.5. The van der Waals surface area contributed by atoms with Crippen LogP contribution in [0.15, 0.2) is 24.5 Å². The minimum Gasteiger partial charge on any atom is -0.375 e. The first-order valence-electron chi connectivity index (χ1n) is 12.0.